The molecule has 0 fully saturated rings. The van der Waals surface area contributed by atoms with Crippen LogP contribution >= 0.6 is 27.7 Å². The lowest BCUT2D eigenvalue weighted by Crippen LogP contribution is -2.04. The van der Waals surface area contributed by atoms with Crippen molar-refractivity contribution in [3.05, 3.63) is 58.6 Å². The molecule has 2 aromatic rings. The van der Waals surface area contributed by atoms with Crippen molar-refractivity contribution in [2.45, 2.75) is 16.3 Å². The fourth-order valence-corrected chi connectivity index (χ4v) is 2.60. The van der Waals surface area contributed by atoms with Crippen LogP contribution in [0.4, 0.5) is 0 Å². The molecule has 0 aromatic heterocycles. The molecule has 0 amide bonds. The fraction of sp³-hybridized carbons (Fsp3) is 0.143. The van der Waals surface area contributed by atoms with E-state index < -0.39 is 0 Å². The lowest BCUT2D eigenvalue weighted by molar-refractivity contribution is 0.817. The quantitative estimate of drug-likeness (QED) is 0.903. The molecule has 3 heteroatoms. The van der Waals surface area contributed by atoms with Gasteiger partial charge in [-0.2, -0.15) is 0 Å². The Morgan fingerprint density at radius 1 is 0.941 bits per heavy atom. The molecule has 0 aliphatic carbocycles. The maximum absolute atomic E-state index is 3.44. The van der Waals surface area contributed by atoms with E-state index >= 15 is 0 Å². The van der Waals surface area contributed by atoms with Crippen LogP contribution < -0.4 is 5.32 Å². The summed E-state index contributed by atoms with van der Waals surface area (Å²) in [7, 11) is 1.96. The summed E-state index contributed by atoms with van der Waals surface area (Å²) < 4.78 is 1.12. The third kappa shape index (κ3) is 3.87. The summed E-state index contributed by atoms with van der Waals surface area (Å²) in [5.41, 5.74) is 1.31. The first-order chi connectivity index (χ1) is 8.28. The summed E-state index contributed by atoms with van der Waals surface area (Å²) in [4.78, 5) is 2.53. The zero-order valence-electron chi connectivity index (χ0n) is 9.61. The van der Waals surface area contributed by atoms with E-state index in [1.807, 2.05) is 7.05 Å². The summed E-state index contributed by atoms with van der Waals surface area (Å²) in [6, 6.07) is 17.0. The second kappa shape index (κ2) is 6.24. The van der Waals surface area contributed by atoms with Crippen molar-refractivity contribution in [1.29, 1.82) is 0 Å². The van der Waals surface area contributed by atoms with Crippen molar-refractivity contribution in [2.24, 2.45) is 0 Å². The van der Waals surface area contributed by atoms with Gasteiger partial charge >= 0.3 is 0 Å². The van der Waals surface area contributed by atoms with E-state index in [0.29, 0.717) is 0 Å². The number of hydrogen-bond donors (Lipinski definition) is 1. The predicted octanol–water partition coefficient (Wildman–Crippen LogP) is 4.32. The molecule has 0 spiro atoms. The van der Waals surface area contributed by atoms with Gasteiger partial charge in [0.1, 0.15) is 0 Å². The Bertz CT molecular complexity index is 465. The topological polar surface area (TPSA) is 12.0 Å². The van der Waals surface area contributed by atoms with Gasteiger partial charge in [0.2, 0.25) is 0 Å². The second-order valence-corrected chi connectivity index (χ2v) is 5.79. The Labute approximate surface area is 115 Å². The van der Waals surface area contributed by atoms with Crippen LogP contribution in [-0.4, -0.2) is 7.05 Å². The third-order valence-corrected chi connectivity index (χ3v) is 3.90. The predicted molar refractivity (Wildman–Crippen MR) is 77.5 cm³/mol. The monoisotopic (exact) mass is 307 g/mol. The van der Waals surface area contributed by atoms with Crippen LogP contribution in [0.5, 0.6) is 0 Å². The molecule has 0 radical (unpaired) electrons. The van der Waals surface area contributed by atoms with E-state index in [0.717, 1.165) is 11.0 Å². The molecule has 0 atom stereocenters. The molecule has 0 aliphatic rings. The average molecular weight is 308 g/mol. The molecule has 17 heavy (non-hydrogen) atoms. The molecular weight excluding hydrogens is 294 g/mol. The van der Waals surface area contributed by atoms with E-state index in [-0.39, 0.29) is 0 Å². The van der Waals surface area contributed by atoms with Crippen molar-refractivity contribution in [2.75, 3.05) is 7.05 Å². The van der Waals surface area contributed by atoms with Gasteiger partial charge in [0.05, 0.1) is 0 Å². The third-order valence-electron chi connectivity index (χ3n) is 2.35. The number of hydrogen-bond acceptors (Lipinski definition) is 2. The molecule has 0 saturated heterocycles. The molecule has 0 saturated carbocycles. The minimum absolute atomic E-state index is 0.920. The molecule has 2 rings (SSSR count). The summed E-state index contributed by atoms with van der Waals surface area (Å²) in [5, 5.41) is 3.15. The molecule has 2 aromatic carbocycles. The van der Waals surface area contributed by atoms with Gasteiger partial charge in [0.15, 0.2) is 0 Å². The van der Waals surface area contributed by atoms with Gasteiger partial charge in [-0.05, 0) is 49.0 Å². The molecule has 0 bridgehead atoms. The van der Waals surface area contributed by atoms with E-state index in [1.165, 1.54) is 15.4 Å². The minimum Gasteiger partial charge on any atom is -0.316 e. The molecule has 0 aliphatic heterocycles. The van der Waals surface area contributed by atoms with Crippen molar-refractivity contribution in [3.63, 3.8) is 0 Å². The smallest absolute Gasteiger partial charge is 0.0202 e. The Kier molecular flexibility index (Phi) is 4.66. The highest BCUT2D eigenvalue weighted by Crippen LogP contribution is 2.28. The molecule has 1 nitrogen and oxygen atoms in total. The maximum atomic E-state index is 3.44. The zero-order chi connectivity index (χ0) is 12.1. The number of rotatable bonds is 4. The minimum atomic E-state index is 0.920. The van der Waals surface area contributed by atoms with E-state index in [4.69, 9.17) is 0 Å². The molecule has 88 valence electrons. The van der Waals surface area contributed by atoms with Gasteiger partial charge in [-0.1, -0.05) is 39.8 Å². The van der Waals surface area contributed by atoms with Crippen LogP contribution in [-0.2, 0) is 6.54 Å². The molecular formula is C14H14BrNS. The fourth-order valence-electron chi connectivity index (χ4n) is 1.52. The van der Waals surface area contributed by atoms with Gasteiger partial charge in [0.25, 0.3) is 0 Å². The Hall–Kier alpha value is -0.770. The summed E-state index contributed by atoms with van der Waals surface area (Å²) in [6.45, 7) is 0.920. The van der Waals surface area contributed by atoms with E-state index in [9.17, 15) is 0 Å². The number of nitrogens with one attached hydrogen (secondary N) is 1. The van der Waals surface area contributed by atoms with E-state index in [1.54, 1.807) is 11.8 Å². The van der Waals surface area contributed by atoms with Crippen LogP contribution in [0.3, 0.4) is 0 Å². The normalized spacial score (nSPS) is 10.5. The Balaban J connectivity index is 2.05. The summed E-state index contributed by atoms with van der Waals surface area (Å²) in [6.07, 6.45) is 0. The van der Waals surface area contributed by atoms with Gasteiger partial charge in [-0.25, -0.2) is 0 Å². The highest BCUT2D eigenvalue weighted by atomic mass is 79.9. The van der Waals surface area contributed by atoms with Crippen LogP contribution in [0.25, 0.3) is 0 Å². The highest BCUT2D eigenvalue weighted by molar-refractivity contribution is 9.10. The van der Waals surface area contributed by atoms with Crippen molar-refractivity contribution >= 4 is 27.7 Å². The summed E-state index contributed by atoms with van der Waals surface area (Å²) in [5.74, 6) is 0. The SMILES string of the molecule is CNCc1ccc(Sc2ccc(Br)cc2)cc1. The lowest BCUT2D eigenvalue weighted by Gasteiger charge is -2.04. The number of halogens is 1. The standard InChI is InChI=1S/C14H14BrNS/c1-16-10-11-2-6-13(7-3-11)17-14-8-4-12(15)5-9-14/h2-9,16H,10H2,1H3. The Morgan fingerprint density at radius 2 is 1.47 bits per heavy atom. The average Bonchev–Trinajstić information content (AvgIpc) is 2.35. The second-order valence-electron chi connectivity index (χ2n) is 3.73. The van der Waals surface area contributed by atoms with Crippen LogP contribution in [0, 0.1) is 0 Å². The van der Waals surface area contributed by atoms with Crippen LogP contribution in [0.2, 0.25) is 0 Å². The number of benzene rings is 2. The molecule has 0 unspecified atom stereocenters. The van der Waals surface area contributed by atoms with Gasteiger partial charge < -0.3 is 5.32 Å². The van der Waals surface area contributed by atoms with Crippen LogP contribution in [0.1, 0.15) is 5.56 Å². The van der Waals surface area contributed by atoms with Gasteiger partial charge in [-0.3, -0.25) is 0 Å². The van der Waals surface area contributed by atoms with Crippen molar-refractivity contribution in [1.82, 2.24) is 5.32 Å². The van der Waals surface area contributed by atoms with Crippen molar-refractivity contribution < 1.29 is 0 Å². The first kappa shape index (κ1) is 12.7. The largest absolute Gasteiger partial charge is 0.316 e. The first-order valence-electron chi connectivity index (χ1n) is 5.45. The van der Waals surface area contributed by atoms with Crippen LogP contribution in [0.15, 0.2) is 62.8 Å². The lowest BCUT2D eigenvalue weighted by atomic mass is 10.2. The van der Waals surface area contributed by atoms with E-state index in [2.05, 4.69) is 69.8 Å². The maximum Gasteiger partial charge on any atom is 0.0202 e. The zero-order valence-corrected chi connectivity index (χ0v) is 12.0. The summed E-state index contributed by atoms with van der Waals surface area (Å²) >= 11 is 5.22. The van der Waals surface area contributed by atoms with Gasteiger partial charge in [0, 0.05) is 20.8 Å². The highest BCUT2D eigenvalue weighted by Gasteiger charge is 1.98. The Morgan fingerprint density at radius 3 is 2.00 bits per heavy atom. The molecule has 0 heterocycles. The molecule has 1 N–H and O–H groups in total. The van der Waals surface area contributed by atoms with Crippen molar-refractivity contribution in [3.8, 4) is 0 Å². The first-order valence-corrected chi connectivity index (χ1v) is 7.06. The van der Waals surface area contributed by atoms with Gasteiger partial charge in [-0.15, -0.1) is 0 Å².